The number of nitrogens with one attached hydrogen (secondary N) is 1. The standard InChI is InChI=1S/C14H27NO2/c1-16-8-2-9-17-10-7-15-11-14(12-3-4-12)13-5-6-13/h12-15H,2-11H2,1H3. The molecule has 17 heavy (non-hydrogen) atoms. The lowest BCUT2D eigenvalue weighted by Crippen LogP contribution is -2.28. The van der Waals surface area contributed by atoms with Crippen LogP contribution in [0.1, 0.15) is 32.1 Å². The molecule has 0 aliphatic heterocycles. The summed E-state index contributed by atoms with van der Waals surface area (Å²) in [5.74, 6) is 3.08. The van der Waals surface area contributed by atoms with E-state index in [1.807, 2.05) is 0 Å². The SMILES string of the molecule is COCCCOCCNCC(C1CC1)C1CC1. The van der Waals surface area contributed by atoms with E-state index in [0.717, 1.165) is 50.5 Å². The van der Waals surface area contributed by atoms with E-state index in [0.29, 0.717) is 0 Å². The highest BCUT2D eigenvalue weighted by Crippen LogP contribution is 2.48. The monoisotopic (exact) mass is 241 g/mol. The van der Waals surface area contributed by atoms with Crippen molar-refractivity contribution in [2.75, 3.05) is 40.0 Å². The van der Waals surface area contributed by atoms with Crippen LogP contribution in [0, 0.1) is 17.8 Å². The number of methoxy groups -OCH3 is 1. The molecule has 0 spiro atoms. The summed E-state index contributed by atoms with van der Waals surface area (Å²) in [7, 11) is 1.73. The zero-order valence-corrected chi connectivity index (χ0v) is 11.1. The number of hydrogen-bond donors (Lipinski definition) is 1. The molecule has 0 amide bonds. The average Bonchev–Trinajstić information content (AvgIpc) is 3.18. The van der Waals surface area contributed by atoms with Gasteiger partial charge in [-0.3, -0.25) is 0 Å². The number of rotatable bonds is 11. The molecule has 0 aromatic carbocycles. The van der Waals surface area contributed by atoms with Crippen molar-refractivity contribution in [2.24, 2.45) is 17.8 Å². The van der Waals surface area contributed by atoms with Gasteiger partial charge in [0.15, 0.2) is 0 Å². The molecule has 3 heteroatoms. The third-order valence-electron chi connectivity index (χ3n) is 3.90. The summed E-state index contributed by atoms with van der Waals surface area (Å²) in [5.41, 5.74) is 0. The van der Waals surface area contributed by atoms with E-state index in [1.54, 1.807) is 7.11 Å². The van der Waals surface area contributed by atoms with Crippen LogP contribution in [0.5, 0.6) is 0 Å². The molecule has 100 valence electrons. The Morgan fingerprint density at radius 2 is 1.76 bits per heavy atom. The summed E-state index contributed by atoms with van der Waals surface area (Å²) in [6.45, 7) is 4.69. The van der Waals surface area contributed by atoms with Crippen LogP contribution in [-0.2, 0) is 9.47 Å². The molecule has 2 aliphatic carbocycles. The van der Waals surface area contributed by atoms with Crippen LogP contribution in [0.2, 0.25) is 0 Å². The first-order chi connectivity index (χ1) is 8.42. The third-order valence-corrected chi connectivity index (χ3v) is 3.90. The maximum Gasteiger partial charge on any atom is 0.0590 e. The Bertz CT molecular complexity index is 190. The van der Waals surface area contributed by atoms with Gasteiger partial charge in [0.2, 0.25) is 0 Å². The Labute approximate surface area is 105 Å². The molecule has 2 rings (SSSR count). The van der Waals surface area contributed by atoms with E-state index in [-0.39, 0.29) is 0 Å². The summed E-state index contributed by atoms with van der Waals surface area (Å²) in [4.78, 5) is 0. The van der Waals surface area contributed by atoms with Gasteiger partial charge < -0.3 is 14.8 Å². The van der Waals surface area contributed by atoms with Crippen molar-refractivity contribution in [2.45, 2.75) is 32.1 Å². The van der Waals surface area contributed by atoms with Gasteiger partial charge in [-0.15, -0.1) is 0 Å². The minimum absolute atomic E-state index is 0.804. The van der Waals surface area contributed by atoms with Crippen LogP contribution in [-0.4, -0.2) is 40.0 Å². The van der Waals surface area contributed by atoms with Gasteiger partial charge in [-0.2, -0.15) is 0 Å². The second kappa shape index (κ2) is 7.34. The molecule has 2 aliphatic rings. The second-order valence-corrected chi connectivity index (χ2v) is 5.50. The van der Waals surface area contributed by atoms with Crippen molar-refractivity contribution < 1.29 is 9.47 Å². The van der Waals surface area contributed by atoms with Gasteiger partial charge in [0.05, 0.1) is 6.61 Å². The molecule has 0 atom stereocenters. The van der Waals surface area contributed by atoms with Crippen molar-refractivity contribution in [1.82, 2.24) is 5.32 Å². The fourth-order valence-electron chi connectivity index (χ4n) is 2.59. The summed E-state index contributed by atoms with van der Waals surface area (Å²) in [5, 5.41) is 3.56. The minimum Gasteiger partial charge on any atom is -0.385 e. The van der Waals surface area contributed by atoms with Gasteiger partial charge in [-0.25, -0.2) is 0 Å². The van der Waals surface area contributed by atoms with Crippen LogP contribution in [0.3, 0.4) is 0 Å². The predicted octanol–water partition coefficient (Wildman–Crippen LogP) is 2.07. The van der Waals surface area contributed by atoms with Crippen LogP contribution in [0.4, 0.5) is 0 Å². The van der Waals surface area contributed by atoms with Gasteiger partial charge in [0.25, 0.3) is 0 Å². The van der Waals surface area contributed by atoms with E-state index in [4.69, 9.17) is 9.47 Å². The molecule has 1 N–H and O–H groups in total. The Kier molecular flexibility index (Phi) is 5.75. The Balaban J connectivity index is 1.40. The first-order valence-electron chi connectivity index (χ1n) is 7.19. The van der Waals surface area contributed by atoms with Crippen molar-refractivity contribution in [3.8, 4) is 0 Å². The largest absolute Gasteiger partial charge is 0.385 e. The molecule has 0 heterocycles. The summed E-state index contributed by atoms with van der Waals surface area (Å²) < 4.78 is 10.5. The molecule has 0 saturated heterocycles. The van der Waals surface area contributed by atoms with Gasteiger partial charge in [-0.05, 0) is 56.4 Å². The quantitative estimate of drug-likeness (QED) is 0.562. The third kappa shape index (κ3) is 5.36. The molecule has 0 radical (unpaired) electrons. The molecule has 2 fully saturated rings. The zero-order valence-electron chi connectivity index (χ0n) is 11.1. The van der Waals surface area contributed by atoms with Gasteiger partial charge in [0, 0.05) is 26.9 Å². The zero-order chi connectivity index (χ0) is 11.9. The lowest BCUT2D eigenvalue weighted by molar-refractivity contribution is 0.103. The summed E-state index contributed by atoms with van der Waals surface area (Å²) >= 11 is 0. The molecule has 0 unspecified atom stereocenters. The normalized spacial score (nSPS) is 20.1. The second-order valence-electron chi connectivity index (χ2n) is 5.50. The highest BCUT2D eigenvalue weighted by molar-refractivity contribution is 4.92. The minimum atomic E-state index is 0.804. The Hall–Kier alpha value is -0.120. The Morgan fingerprint density at radius 3 is 2.35 bits per heavy atom. The van der Waals surface area contributed by atoms with Crippen molar-refractivity contribution in [3.63, 3.8) is 0 Å². The maximum atomic E-state index is 5.53. The van der Waals surface area contributed by atoms with Crippen LogP contribution >= 0.6 is 0 Å². The van der Waals surface area contributed by atoms with Crippen molar-refractivity contribution in [3.05, 3.63) is 0 Å². The van der Waals surface area contributed by atoms with Crippen LogP contribution < -0.4 is 5.32 Å². The molecule has 0 aromatic rings. The topological polar surface area (TPSA) is 30.5 Å². The van der Waals surface area contributed by atoms with Crippen LogP contribution in [0.25, 0.3) is 0 Å². The number of hydrogen-bond acceptors (Lipinski definition) is 3. The predicted molar refractivity (Wildman–Crippen MR) is 69.1 cm³/mol. The fraction of sp³-hybridized carbons (Fsp3) is 1.00. The molecular formula is C14H27NO2. The molecular weight excluding hydrogens is 214 g/mol. The van der Waals surface area contributed by atoms with E-state index < -0.39 is 0 Å². The van der Waals surface area contributed by atoms with E-state index in [1.165, 1.54) is 32.2 Å². The smallest absolute Gasteiger partial charge is 0.0590 e. The number of ether oxygens (including phenoxy) is 2. The van der Waals surface area contributed by atoms with Crippen LogP contribution in [0.15, 0.2) is 0 Å². The van der Waals surface area contributed by atoms with Crippen molar-refractivity contribution in [1.29, 1.82) is 0 Å². The van der Waals surface area contributed by atoms with Crippen molar-refractivity contribution >= 4 is 0 Å². The summed E-state index contributed by atoms with van der Waals surface area (Å²) in [6.07, 6.45) is 6.93. The van der Waals surface area contributed by atoms with E-state index >= 15 is 0 Å². The summed E-state index contributed by atoms with van der Waals surface area (Å²) in [6, 6.07) is 0. The van der Waals surface area contributed by atoms with E-state index in [2.05, 4.69) is 5.32 Å². The maximum absolute atomic E-state index is 5.53. The fourth-order valence-corrected chi connectivity index (χ4v) is 2.59. The average molecular weight is 241 g/mol. The highest BCUT2D eigenvalue weighted by Gasteiger charge is 2.40. The van der Waals surface area contributed by atoms with Gasteiger partial charge in [0.1, 0.15) is 0 Å². The lowest BCUT2D eigenvalue weighted by atomic mass is 9.98. The van der Waals surface area contributed by atoms with Gasteiger partial charge in [-0.1, -0.05) is 0 Å². The first kappa shape index (κ1) is 13.3. The highest BCUT2D eigenvalue weighted by atomic mass is 16.5. The molecule has 0 bridgehead atoms. The van der Waals surface area contributed by atoms with E-state index in [9.17, 15) is 0 Å². The molecule has 2 saturated carbocycles. The van der Waals surface area contributed by atoms with Gasteiger partial charge >= 0.3 is 0 Å². The lowest BCUT2D eigenvalue weighted by Gasteiger charge is -2.16. The first-order valence-corrected chi connectivity index (χ1v) is 7.19. The molecule has 0 aromatic heterocycles. The Morgan fingerprint density at radius 1 is 1.06 bits per heavy atom. The molecule has 3 nitrogen and oxygen atoms in total.